The van der Waals surface area contributed by atoms with Gasteiger partial charge in [-0.25, -0.2) is 14.3 Å². The predicted octanol–water partition coefficient (Wildman–Crippen LogP) is 2.63. The molecule has 0 saturated carbocycles. The number of halogens is 1. The van der Waals surface area contributed by atoms with Crippen molar-refractivity contribution in [2.24, 2.45) is 0 Å². The van der Waals surface area contributed by atoms with Gasteiger partial charge in [0.25, 0.3) is 0 Å². The van der Waals surface area contributed by atoms with Gasteiger partial charge in [0.15, 0.2) is 5.69 Å². The van der Waals surface area contributed by atoms with Crippen LogP contribution in [0.4, 0.5) is 0 Å². The van der Waals surface area contributed by atoms with Crippen LogP contribution in [0.1, 0.15) is 43.2 Å². The van der Waals surface area contributed by atoms with Crippen molar-refractivity contribution in [3.63, 3.8) is 0 Å². The molecule has 3 rings (SSSR count). The zero-order valence-corrected chi connectivity index (χ0v) is 20.7. The van der Waals surface area contributed by atoms with Crippen molar-refractivity contribution in [1.82, 2.24) is 24.8 Å². The summed E-state index contributed by atoms with van der Waals surface area (Å²) in [5.74, 6) is 0.789. The molecule has 176 valence electrons. The molecule has 1 aromatic heterocycles. The number of alkyl halides is 1. The van der Waals surface area contributed by atoms with Crippen molar-refractivity contribution in [2.75, 3.05) is 40.4 Å². The number of carbonyl (C=O) groups excluding carboxylic acids is 2. The summed E-state index contributed by atoms with van der Waals surface area (Å²) in [4.78, 5) is 26.3. The monoisotopic (exact) mass is 509 g/mol. The van der Waals surface area contributed by atoms with Gasteiger partial charge in [-0.2, -0.15) is 0 Å². The van der Waals surface area contributed by atoms with Crippen LogP contribution in [0.3, 0.4) is 0 Å². The molecule has 0 bridgehead atoms. The first-order chi connectivity index (χ1) is 15.3. The molecule has 2 atom stereocenters. The van der Waals surface area contributed by atoms with E-state index in [0.29, 0.717) is 18.0 Å². The number of nitrogens with zero attached hydrogens (tertiary/aromatic N) is 5. The number of rotatable bonds is 4. The highest BCUT2D eigenvalue weighted by Crippen LogP contribution is 2.17. The van der Waals surface area contributed by atoms with E-state index in [1.165, 1.54) is 13.0 Å². The second-order valence-corrected chi connectivity index (χ2v) is 8.15. The quantitative estimate of drug-likeness (QED) is 0.264. The van der Waals surface area contributed by atoms with Gasteiger partial charge in [0.05, 0.1) is 25.5 Å². The highest BCUT2D eigenvalue weighted by atomic mass is 79.9. The maximum atomic E-state index is 11.4. The van der Waals surface area contributed by atoms with Gasteiger partial charge in [0.2, 0.25) is 0 Å². The van der Waals surface area contributed by atoms with Gasteiger partial charge in [0.1, 0.15) is 0 Å². The molecule has 2 unspecified atom stereocenters. The maximum absolute atomic E-state index is 11.4. The number of hydrogen-bond donors (Lipinski definition) is 0. The number of allylic oxidation sites excluding steroid dienone is 2. The number of esters is 2. The molecule has 32 heavy (non-hydrogen) atoms. The third kappa shape index (κ3) is 10.5. The minimum Gasteiger partial charge on any atom is -0.461 e. The van der Waals surface area contributed by atoms with Gasteiger partial charge in [-0.15, -0.1) is 11.5 Å². The maximum Gasteiger partial charge on any atom is 0.384 e. The normalized spacial score (nSPS) is 19.0. The molecule has 1 aromatic rings. The molecule has 9 nitrogen and oxygen atoms in total. The van der Waals surface area contributed by atoms with E-state index in [1.807, 2.05) is 19.3 Å². The Bertz CT molecular complexity index is 805. The van der Waals surface area contributed by atoms with Crippen molar-refractivity contribution in [3.8, 4) is 12.3 Å². The molecule has 0 aliphatic carbocycles. The standard InChI is InChI=1S/C11H16N4O2.C6H10BrN.C5H6O2/c1-3-17-11(16)10-8-15(13-12-10)9-4-6-14(2)7-5-9;1-8-4-2-6(7)3-5-8;1-3-5(6)7-4-2/h4,6,8-9H,3,5,7H2,1-2H3;2,4,6H,3,5H2,1H3;1H,4H2,2H3. The minimum atomic E-state index is -0.595. The Hall–Kier alpha value is -2.80. The lowest BCUT2D eigenvalue weighted by atomic mass is 10.1. The van der Waals surface area contributed by atoms with Crippen LogP contribution in [-0.4, -0.2) is 82.0 Å². The third-order valence-corrected chi connectivity index (χ3v) is 5.14. The molecule has 0 N–H and O–H groups in total. The summed E-state index contributed by atoms with van der Waals surface area (Å²) in [7, 11) is 4.12. The van der Waals surface area contributed by atoms with Crippen LogP contribution in [0.2, 0.25) is 0 Å². The van der Waals surface area contributed by atoms with Gasteiger partial charge >= 0.3 is 11.9 Å². The number of hydrogen-bond acceptors (Lipinski definition) is 8. The van der Waals surface area contributed by atoms with Crippen molar-refractivity contribution >= 4 is 27.9 Å². The van der Waals surface area contributed by atoms with Crippen LogP contribution in [0.15, 0.2) is 30.7 Å². The van der Waals surface area contributed by atoms with Gasteiger partial charge < -0.3 is 19.3 Å². The van der Waals surface area contributed by atoms with Crippen LogP contribution in [0.5, 0.6) is 0 Å². The van der Waals surface area contributed by atoms with Gasteiger partial charge in [-0.3, -0.25) is 0 Å². The largest absolute Gasteiger partial charge is 0.461 e. The van der Waals surface area contributed by atoms with Crippen LogP contribution in [0, 0.1) is 12.3 Å². The first kappa shape index (κ1) is 27.2. The predicted molar refractivity (Wildman–Crippen MR) is 126 cm³/mol. The lowest BCUT2D eigenvalue weighted by molar-refractivity contribution is -0.136. The van der Waals surface area contributed by atoms with E-state index in [-0.39, 0.29) is 11.7 Å². The van der Waals surface area contributed by atoms with Gasteiger partial charge in [-0.1, -0.05) is 27.2 Å². The number of ether oxygens (including phenoxy) is 2. The summed E-state index contributed by atoms with van der Waals surface area (Å²) in [6, 6.07) is 0.168. The molecule has 0 fully saturated rings. The summed E-state index contributed by atoms with van der Waals surface area (Å²) < 4.78 is 10.9. The fourth-order valence-corrected chi connectivity index (χ4v) is 2.96. The molecule has 0 amide bonds. The number of terminal acetylenes is 1. The smallest absolute Gasteiger partial charge is 0.384 e. The van der Waals surface area contributed by atoms with Gasteiger partial charge in [-0.05, 0) is 45.2 Å². The second kappa shape index (κ2) is 15.1. The Labute approximate surface area is 198 Å². The van der Waals surface area contributed by atoms with Crippen molar-refractivity contribution in [3.05, 3.63) is 36.4 Å². The van der Waals surface area contributed by atoms with Crippen LogP contribution in [-0.2, 0) is 14.3 Å². The summed E-state index contributed by atoms with van der Waals surface area (Å²) in [5.41, 5.74) is 0.263. The fourth-order valence-electron chi connectivity index (χ4n) is 2.62. The summed E-state index contributed by atoms with van der Waals surface area (Å²) in [6.45, 7) is 6.31. The summed E-state index contributed by atoms with van der Waals surface area (Å²) >= 11 is 3.50. The summed E-state index contributed by atoms with van der Waals surface area (Å²) in [6.07, 6.45) is 16.8. The van der Waals surface area contributed by atoms with Gasteiger partial charge in [0, 0.05) is 37.9 Å². The average Bonchev–Trinajstić information content (AvgIpc) is 3.28. The summed E-state index contributed by atoms with van der Waals surface area (Å²) in [5, 5.41) is 7.78. The Morgan fingerprint density at radius 2 is 1.75 bits per heavy atom. The van der Waals surface area contributed by atoms with E-state index in [4.69, 9.17) is 4.74 Å². The van der Waals surface area contributed by atoms with Crippen molar-refractivity contribution in [1.29, 1.82) is 0 Å². The fraction of sp³-hybridized carbons (Fsp3) is 0.545. The van der Waals surface area contributed by atoms with E-state index in [0.717, 1.165) is 13.0 Å². The van der Waals surface area contributed by atoms with Crippen LogP contribution in [0.25, 0.3) is 0 Å². The third-order valence-electron chi connectivity index (χ3n) is 4.38. The number of carbonyl (C=O) groups is 2. The molecule has 2 aliphatic heterocycles. The molecule has 0 saturated heterocycles. The molecule has 10 heteroatoms. The van der Waals surface area contributed by atoms with E-state index in [2.05, 4.69) is 66.5 Å². The van der Waals surface area contributed by atoms with Crippen molar-refractivity contribution < 1.29 is 19.1 Å². The molecule has 2 aliphatic rings. The first-order valence-corrected chi connectivity index (χ1v) is 11.4. The zero-order valence-electron chi connectivity index (χ0n) is 19.1. The molecular formula is C22H32BrN5O4. The van der Waals surface area contributed by atoms with E-state index >= 15 is 0 Å². The van der Waals surface area contributed by atoms with Crippen LogP contribution >= 0.6 is 15.9 Å². The molecule has 0 aromatic carbocycles. The van der Waals surface area contributed by atoms with E-state index < -0.39 is 11.9 Å². The Morgan fingerprint density at radius 1 is 1.12 bits per heavy atom. The SMILES string of the molecule is C#CC(=O)OCC.CCOC(=O)c1cn(C2C=CN(C)CC2)nn1.CN1C=CC(Br)CC1. The zero-order chi connectivity index (χ0) is 23.9. The molecule has 0 spiro atoms. The molecule has 3 heterocycles. The van der Waals surface area contributed by atoms with Crippen LogP contribution < -0.4 is 0 Å². The average molecular weight is 510 g/mol. The van der Waals surface area contributed by atoms with E-state index in [1.54, 1.807) is 30.6 Å². The Balaban J connectivity index is 0.000000284. The highest BCUT2D eigenvalue weighted by molar-refractivity contribution is 9.09. The number of aromatic nitrogens is 3. The Morgan fingerprint density at radius 3 is 2.19 bits per heavy atom. The highest BCUT2D eigenvalue weighted by Gasteiger charge is 2.17. The first-order valence-electron chi connectivity index (χ1n) is 10.4. The Kier molecular flexibility index (Phi) is 12.8. The van der Waals surface area contributed by atoms with Crippen molar-refractivity contribution in [2.45, 2.75) is 37.6 Å². The molecule has 0 radical (unpaired) electrons. The lowest BCUT2D eigenvalue weighted by Crippen LogP contribution is -2.22. The topological polar surface area (TPSA) is 89.8 Å². The minimum absolute atomic E-state index is 0.168. The van der Waals surface area contributed by atoms with E-state index in [9.17, 15) is 9.59 Å². The second-order valence-electron chi connectivity index (χ2n) is 6.97. The lowest BCUT2D eigenvalue weighted by Gasteiger charge is -2.23. The molecular weight excluding hydrogens is 478 g/mol.